The lowest BCUT2D eigenvalue weighted by atomic mass is 9.82. The van der Waals surface area contributed by atoms with E-state index in [0.29, 0.717) is 18.3 Å². The van der Waals surface area contributed by atoms with E-state index in [9.17, 15) is 4.79 Å². The van der Waals surface area contributed by atoms with E-state index >= 15 is 0 Å². The lowest BCUT2D eigenvalue weighted by Gasteiger charge is -2.26. The minimum Gasteiger partial charge on any atom is -0.493 e. The number of amides is 1. The molecule has 0 spiro atoms. The number of aryl methyl sites for hydroxylation is 1. The molecule has 3 aromatic rings. The van der Waals surface area contributed by atoms with E-state index in [1.165, 1.54) is 0 Å². The molecule has 1 fully saturated rings. The topological polar surface area (TPSA) is 76.6 Å². The van der Waals surface area contributed by atoms with Crippen molar-refractivity contribution in [3.05, 3.63) is 59.9 Å². The van der Waals surface area contributed by atoms with E-state index in [4.69, 9.17) is 19.4 Å². The van der Waals surface area contributed by atoms with Gasteiger partial charge in [-0.15, -0.1) is 0 Å². The van der Waals surface area contributed by atoms with Crippen molar-refractivity contribution >= 4 is 28.7 Å². The highest BCUT2D eigenvalue weighted by Crippen LogP contribution is 2.30. The van der Waals surface area contributed by atoms with Gasteiger partial charge in [0.2, 0.25) is 5.91 Å². The van der Waals surface area contributed by atoms with Crippen LogP contribution in [0.25, 0.3) is 17.0 Å². The maximum absolute atomic E-state index is 12.4. The summed E-state index contributed by atoms with van der Waals surface area (Å²) in [5, 5.41) is 4.23. The summed E-state index contributed by atoms with van der Waals surface area (Å²) in [6.45, 7) is 0.769. The Morgan fingerprint density at radius 3 is 2.53 bits per heavy atom. The number of methoxy groups -OCH3 is 2. The summed E-state index contributed by atoms with van der Waals surface area (Å²) < 4.78 is 10.7. The zero-order chi connectivity index (χ0) is 26.9. The minimum absolute atomic E-state index is 0.137. The first-order valence-corrected chi connectivity index (χ1v) is 13.6. The smallest absolute Gasteiger partial charge is 0.220 e. The molecule has 0 aliphatic heterocycles. The third kappa shape index (κ3) is 7.24. The SMILES string of the molecule is COc1ccc(CCCC(=O)NCC2CCC(/C=C/c3nc(N(C)C)c4ccccc4n3)CC2)cc1OC. The molecule has 38 heavy (non-hydrogen) atoms. The van der Waals surface area contributed by atoms with Gasteiger partial charge >= 0.3 is 0 Å². The van der Waals surface area contributed by atoms with Gasteiger partial charge in [0.05, 0.1) is 19.7 Å². The molecule has 0 atom stereocenters. The zero-order valence-corrected chi connectivity index (χ0v) is 23.1. The first-order valence-electron chi connectivity index (χ1n) is 13.6. The summed E-state index contributed by atoms with van der Waals surface area (Å²) >= 11 is 0. The van der Waals surface area contributed by atoms with Gasteiger partial charge in [-0.1, -0.05) is 24.3 Å². The summed E-state index contributed by atoms with van der Waals surface area (Å²) in [5.74, 6) is 4.36. The van der Waals surface area contributed by atoms with Crippen molar-refractivity contribution in [2.45, 2.75) is 44.9 Å². The third-order valence-corrected chi connectivity index (χ3v) is 7.34. The third-order valence-electron chi connectivity index (χ3n) is 7.34. The number of para-hydroxylation sites is 1. The van der Waals surface area contributed by atoms with Crippen LogP contribution < -0.4 is 19.7 Å². The fourth-order valence-electron chi connectivity index (χ4n) is 5.14. The van der Waals surface area contributed by atoms with Gasteiger partial charge in [0, 0.05) is 32.4 Å². The van der Waals surface area contributed by atoms with E-state index in [-0.39, 0.29) is 5.91 Å². The van der Waals surface area contributed by atoms with Crippen molar-refractivity contribution in [1.29, 1.82) is 0 Å². The van der Waals surface area contributed by atoms with Crippen molar-refractivity contribution in [2.24, 2.45) is 11.8 Å². The molecule has 202 valence electrons. The molecule has 0 bridgehead atoms. The van der Waals surface area contributed by atoms with E-state index in [1.54, 1.807) is 14.2 Å². The highest BCUT2D eigenvalue weighted by Gasteiger charge is 2.20. The highest BCUT2D eigenvalue weighted by atomic mass is 16.5. The predicted molar refractivity (Wildman–Crippen MR) is 154 cm³/mol. The largest absolute Gasteiger partial charge is 0.493 e. The van der Waals surface area contributed by atoms with Crippen LogP contribution >= 0.6 is 0 Å². The Morgan fingerprint density at radius 2 is 1.79 bits per heavy atom. The Balaban J connectivity index is 1.19. The number of hydrogen-bond donors (Lipinski definition) is 1. The van der Waals surface area contributed by atoms with Crippen LogP contribution in [-0.4, -0.2) is 50.7 Å². The van der Waals surface area contributed by atoms with Crippen LogP contribution in [0.3, 0.4) is 0 Å². The average Bonchev–Trinajstić information content (AvgIpc) is 2.94. The quantitative estimate of drug-likeness (QED) is 0.354. The number of rotatable bonds is 11. The number of fused-ring (bicyclic) bond motifs is 1. The molecule has 0 unspecified atom stereocenters. The summed E-state index contributed by atoms with van der Waals surface area (Å²) in [4.78, 5) is 24.0. The Morgan fingerprint density at radius 1 is 1.03 bits per heavy atom. The molecule has 0 saturated heterocycles. The van der Waals surface area contributed by atoms with Gasteiger partial charge in [0.1, 0.15) is 5.82 Å². The molecule has 0 radical (unpaired) electrons. The van der Waals surface area contributed by atoms with Crippen LogP contribution in [0.4, 0.5) is 5.82 Å². The lowest BCUT2D eigenvalue weighted by Crippen LogP contribution is -2.31. The van der Waals surface area contributed by atoms with Crippen molar-refractivity contribution in [2.75, 3.05) is 39.8 Å². The van der Waals surface area contributed by atoms with Crippen LogP contribution in [0, 0.1) is 11.8 Å². The molecule has 7 nitrogen and oxygen atoms in total. The van der Waals surface area contributed by atoms with Gasteiger partial charge in [-0.25, -0.2) is 9.97 Å². The molecular formula is C31H40N4O3. The summed E-state index contributed by atoms with van der Waals surface area (Å²) in [7, 11) is 7.30. The van der Waals surface area contributed by atoms with E-state index in [0.717, 1.165) is 84.7 Å². The van der Waals surface area contributed by atoms with Crippen LogP contribution in [0.15, 0.2) is 48.5 Å². The van der Waals surface area contributed by atoms with Crippen LogP contribution in [0.2, 0.25) is 0 Å². The second-order valence-corrected chi connectivity index (χ2v) is 10.3. The Labute approximate surface area is 226 Å². The Kier molecular flexibility index (Phi) is 9.57. The monoisotopic (exact) mass is 516 g/mol. The number of allylic oxidation sites excluding steroid dienone is 1. The second kappa shape index (κ2) is 13.3. The molecule has 7 heteroatoms. The number of nitrogens with zero attached hydrogens (tertiary/aromatic N) is 3. The fourth-order valence-corrected chi connectivity index (χ4v) is 5.14. The number of ether oxygens (including phenoxy) is 2. The number of anilines is 1. The molecule has 1 saturated carbocycles. The molecule has 1 N–H and O–H groups in total. The van der Waals surface area contributed by atoms with Crippen molar-refractivity contribution < 1.29 is 14.3 Å². The number of aromatic nitrogens is 2. The molecule has 4 rings (SSSR count). The minimum atomic E-state index is 0.137. The maximum atomic E-state index is 12.4. The standard InChI is InChI=1S/C31H40N4O3/c1-35(2)31-25-9-5-6-10-26(25)33-29(34-31)19-17-22-12-14-24(15-13-22)21-32-30(36)11-7-8-23-16-18-27(37-3)28(20-23)38-4/h5-6,9-10,16-20,22,24H,7-8,11-15,21H2,1-4H3,(H,32,36)/b19-17+. The predicted octanol–water partition coefficient (Wildman–Crippen LogP) is 5.67. The van der Waals surface area contributed by atoms with Crippen LogP contribution in [-0.2, 0) is 11.2 Å². The lowest BCUT2D eigenvalue weighted by molar-refractivity contribution is -0.121. The van der Waals surface area contributed by atoms with Crippen molar-refractivity contribution in [1.82, 2.24) is 15.3 Å². The first-order chi connectivity index (χ1) is 18.5. The number of hydrogen-bond acceptors (Lipinski definition) is 6. The first kappa shape index (κ1) is 27.4. The van der Waals surface area contributed by atoms with Crippen LogP contribution in [0.1, 0.15) is 49.9 Å². The van der Waals surface area contributed by atoms with Gasteiger partial charge in [-0.3, -0.25) is 4.79 Å². The average molecular weight is 517 g/mol. The number of carbonyl (C=O) groups excluding carboxylic acids is 1. The van der Waals surface area contributed by atoms with Gasteiger partial charge in [0.15, 0.2) is 17.3 Å². The van der Waals surface area contributed by atoms with Crippen LogP contribution in [0.5, 0.6) is 11.5 Å². The summed E-state index contributed by atoms with van der Waals surface area (Å²) in [5.41, 5.74) is 2.11. The van der Waals surface area contributed by atoms with Gasteiger partial charge in [-0.05, 0) is 86.3 Å². The second-order valence-electron chi connectivity index (χ2n) is 10.3. The van der Waals surface area contributed by atoms with E-state index in [1.807, 2.05) is 55.4 Å². The number of benzene rings is 2. The molecule has 1 aliphatic carbocycles. The highest BCUT2D eigenvalue weighted by molar-refractivity contribution is 5.89. The van der Waals surface area contributed by atoms with Crippen molar-refractivity contribution in [3.8, 4) is 11.5 Å². The fraction of sp³-hybridized carbons (Fsp3) is 0.452. The van der Waals surface area contributed by atoms with E-state index < -0.39 is 0 Å². The summed E-state index contributed by atoms with van der Waals surface area (Å²) in [6.07, 6.45) is 11.0. The van der Waals surface area contributed by atoms with E-state index in [2.05, 4.69) is 23.5 Å². The molecule has 1 aromatic heterocycles. The Bertz CT molecular complexity index is 1250. The molecule has 1 amide bonds. The Hall–Kier alpha value is -3.61. The van der Waals surface area contributed by atoms with Gasteiger partial charge < -0.3 is 19.7 Å². The molecular weight excluding hydrogens is 476 g/mol. The van der Waals surface area contributed by atoms with Gasteiger partial charge in [-0.2, -0.15) is 0 Å². The number of carbonyl (C=O) groups is 1. The maximum Gasteiger partial charge on any atom is 0.220 e. The molecule has 1 heterocycles. The van der Waals surface area contributed by atoms with Gasteiger partial charge in [0.25, 0.3) is 0 Å². The zero-order valence-electron chi connectivity index (χ0n) is 23.1. The summed E-state index contributed by atoms with van der Waals surface area (Å²) in [6, 6.07) is 14.1. The van der Waals surface area contributed by atoms with Crippen molar-refractivity contribution in [3.63, 3.8) is 0 Å². The molecule has 2 aromatic carbocycles. The number of nitrogens with one attached hydrogen (secondary N) is 1. The molecule has 1 aliphatic rings. The normalized spacial score (nSPS) is 17.5.